The van der Waals surface area contributed by atoms with Gasteiger partial charge in [-0.1, -0.05) is 0 Å². The van der Waals surface area contributed by atoms with E-state index in [0.29, 0.717) is 28.0 Å². The van der Waals surface area contributed by atoms with Crippen LogP contribution in [0.5, 0.6) is 11.5 Å². The minimum absolute atomic E-state index is 0.275. The van der Waals surface area contributed by atoms with Crippen molar-refractivity contribution in [2.24, 2.45) is 0 Å². The highest BCUT2D eigenvalue weighted by atomic mass is 16.5. The molecule has 1 aromatic carbocycles. The number of pyridine rings is 1. The topological polar surface area (TPSA) is 88.6 Å². The summed E-state index contributed by atoms with van der Waals surface area (Å²) in [7, 11) is 2.96. The number of carboxylic acids is 1. The first-order valence-electron chi connectivity index (χ1n) is 5.51. The van der Waals surface area contributed by atoms with Gasteiger partial charge in [-0.15, -0.1) is 0 Å². The Morgan fingerprint density at radius 3 is 2.47 bits per heavy atom. The maximum absolute atomic E-state index is 11.8. The lowest BCUT2D eigenvalue weighted by Crippen LogP contribution is -2.19. The van der Waals surface area contributed by atoms with Gasteiger partial charge in [-0.3, -0.25) is 4.79 Å². The predicted octanol–water partition coefficient (Wildman–Crippen LogP) is 1.55. The highest BCUT2D eigenvalue weighted by Crippen LogP contribution is 2.31. The van der Waals surface area contributed by atoms with Crippen LogP contribution >= 0.6 is 0 Å². The average Bonchev–Trinajstić information content (AvgIpc) is 2.37. The van der Waals surface area contributed by atoms with Crippen LogP contribution in [0.15, 0.2) is 16.9 Å². The molecule has 2 N–H and O–H groups in total. The van der Waals surface area contributed by atoms with Crippen molar-refractivity contribution >= 4 is 16.9 Å². The molecule has 0 saturated heterocycles. The number of benzene rings is 1. The van der Waals surface area contributed by atoms with E-state index in [9.17, 15) is 9.59 Å². The van der Waals surface area contributed by atoms with Crippen LogP contribution in [0.4, 0.5) is 0 Å². The van der Waals surface area contributed by atoms with E-state index < -0.39 is 11.5 Å². The molecular formula is C13H13NO5. The fourth-order valence-electron chi connectivity index (χ4n) is 2.03. The summed E-state index contributed by atoms with van der Waals surface area (Å²) in [6, 6.07) is 3.29. The number of aryl methyl sites for hydroxylation is 1. The van der Waals surface area contributed by atoms with Gasteiger partial charge in [0.25, 0.3) is 5.56 Å². The van der Waals surface area contributed by atoms with E-state index in [4.69, 9.17) is 14.6 Å². The second kappa shape index (κ2) is 4.64. The first kappa shape index (κ1) is 12.9. The number of rotatable bonds is 3. The Kier molecular flexibility index (Phi) is 3.16. The molecule has 0 atom stereocenters. The van der Waals surface area contributed by atoms with Gasteiger partial charge < -0.3 is 19.6 Å². The second-order valence-corrected chi connectivity index (χ2v) is 4.01. The third-order valence-electron chi connectivity index (χ3n) is 2.99. The van der Waals surface area contributed by atoms with Crippen LogP contribution in [0.25, 0.3) is 10.9 Å². The number of ether oxygens (including phenoxy) is 2. The number of carbonyl (C=O) groups is 1. The van der Waals surface area contributed by atoms with Crippen molar-refractivity contribution in [3.8, 4) is 11.5 Å². The van der Waals surface area contributed by atoms with Crippen molar-refractivity contribution in [2.75, 3.05) is 14.2 Å². The monoisotopic (exact) mass is 263 g/mol. The minimum atomic E-state index is -1.26. The quantitative estimate of drug-likeness (QED) is 0.877. The number of aromatic amines is 1. The van der Waals surface area contributed by atoms with Gasteiger partial charge in [0.05, 0.1) is 19.7 Å². The summed E-state index contributed by atoms with van der Waals surface area (Å²) in [6.07, 6.45) is 0. The molecule has 2 rings (SSSR count). The molecule has 0 unspecified atom stereocenters. The molecule has 0 fully saturated rings. The molecule has 1 heterocycles. The Bertz CT molecular complexity index is 717. The fraction of sp³-hybridized carbons (Fsp3) is 0.231. The normalized spacial score (nSPS) is 10.5. The lowest BCUT2D eigenvalue weighted by Gasteiger charge is -2.11. The van der Waals surface area contributed by atoms with E-state index in [-0.39, 0.29) is 5.56 Å². The van der Waals surface area contributed by atoms with Gasteiger partial charge in [-0.05, 0) is 18.6 Å². The molecule has 0 aliphatic rings. The van der Waals surface area contributed by atoms with E-state index in [2.05, 4.69) is 4.98 Å². The van der Waals surface area contributed by atoms with Crippen molar-refractivity contribution in [3.63, 3.8) is 0 Å². The van der Waals surface area contributed by atoms with Crippen LogP contribution in [-0.4, -0.2) is 30.3 Å². The molecule has 1 aromatic heterocycles. The summed E-state index contributed by atoms with van der Waals surface area (Å²) in [5, 5.41) is 9.65. The zero-order valence-electron chi connectivity index (χ0n) is 10.7. The second-order valence-electron chi connectivity index (χ2n) is 4.01. The Hall–Kier alpha value is -2.50. The van der Waals surface area contributed by atoms with Gasteiger partial charge in [0.2, 0.25) is 0 Å². The first-order valence-corrected chi connectivity index (χ1v) is 5.51. The molecule has 100 valence electrons. The van der Waals surface area contributed by atoms with E-state index in [1.54, 1.807) is 19.1 Å². The van der Waals surface area contributed by atoms with E-state index in [0.717, 1.165) is 0 Å². The Balaban J connectivity index is 2.96. The first-order chi connectivity index (χ1) is 8.99. The number of fused-ring (bicyclic) bond motifs is 1. The molecule has 0 saturated carbocycles. The van der Waals surface area contributed by atoms with Gasteiger partial charge in [0.15, 0.2) is 0 Å². The van der Waals surface area contributed by atoms with Crippen molar-refractivity contribution in [2.45, 2.75) is 6.92 Å². The highest BCUT2D eigenvalue weighted by Gasteiger charge is 2.18. The van der Waals surface area contributed by atoms with E-state index >= 15 is 0 Å². The van der Waals surface area contributed by atoms with E-state index in [1.807, 2.05) is 0 Å². The average molecular weight is 263 g/mol. The number of hydrogen-bond acceptors (Lipinski definition) is 4. The smallest absolute Gasteiger partial charge is 0.341 e. The third kappa shape index (κ3) is 2.01. The van der Waals surface area contributed by atoms with Crippen molar-refractivity contribution in [1.82, 2.24) is 4.98 Å². The van der Waals surface area contributed by atoms with Crippen LogP contribution < -0.4 is 15.0 Å². The summed E-state index contributed by atoms with van der Waals surface area (Å²) in [5.74, 6) is -0.315. The molecule has 19 heavy (non-hydrogen) atoms. The van der Waals surface area contributed by atoms with E-state index in [1.165, 1.54) is 14.2 Å². The Morgan fingerprint density at radius 2 is 1.95 bits per heavy atom. The number of methoxy groups -OCH3 is 2. The molecule has 0 bridgehead atoms. The van der Waals surface area contributed by atoms with Crippen molar-refractivity contribution in [1.29, 1.82) is 0 Å². The summed E-state index contributed by atoms with van der Waals surface area (Å²) in [4.78, 5) is 25.4. The van der Waals surface area contributed by atoms with Crippen LogP contribution in [0.2, 0.25) is 0 Å². The standard InChI is InChI=1S/C13H13NO5/c1-6-8-4-7(18-2)5-9(19-3)11(8)14-12(15)10(6)13(16)17/h4-5H,1-3H3,(H,14,15)(H,16,17). The summed E-state index contributed by atoms with van der Waals surface area (Å²) >= 11 is 0. The molecule has 0 spiro atoms. The molecule has 0 aliphatic heterocycles. The molecule has 6 nitrogen and oxygen atoms in total. The largest absolute Gasteiger partial charge is 0.497 e. The summed E-state index contributed by atoms with van der Waals surface area (Å²) in [6.45, 7) is 1.58. The van der Waals surface area contributed by atoms with Gasteiger partial charge >= 0.3 is 5.97 Å². The highest BCUT2D eigenvalue weighted by molar-refractivity contribution is 5.97. The molecule has 0 radical (unpaired) electrons. The molecule has 2 aromatic rings. The summed E-state index contributed by atoms with van der Waals surface area (Å²) in [5.41, 5.74) is -0.0944. The number of aromatic nitrogens is 1. The van der Waals surface area contributed by atoms with Crippen LogP contribution in [0.1, 0.15) is 15.9 Å². The van der Waals surface area contributed by atoms with Gasteiger partial charge in [0, 0.05) is 11.5 Å². The van der Waals surface area contributed by atoms with Crippen LogP contribution in [0.3, 0.4) is 0 Å². The summed E-state index contributed by atoms with van der Waals surface area (Å²) < 4.78 is 10.3. The molecule has 0 aliphatic carbocycles. The fourth-order valence-corrected chi connectivity index (χ4v) is 2.03. The number of nitrogens with one attached hydrogen (secondary N) is 1. The van der Waals surface area contributed by atoms with Crippen molar-refractivity contribution in [3.05, 3.63) is 33.6 Å². The number of aromatic carboxylic acids is 1. The Labute approximate surface area is 108 Å². The maximum Gasteiger partial charge on any atom is 0.341 e. The predicted molar refractivity (Wildman–Crippen MR) is 69.4 cm³/mol. The van der Waals surface area contributed by atoms with Crippen LogP contribution in [0, 0.1) is 6.92 Å². The van der Waals surface area contributed by atoms with Gasteiger partial charge in [-0.25, -0.2) is 4.79 Å². The Morgan fingerprint density at radius 1 is 1.26 bits per heavy atom. The molecule has 0 amide bonds. The lowest BCUT2D eigenvalue weighted by atomic mass is 10.0. The number of carboxylic acid groups (broad SMARTS) is 1. The van der Waals surface area contributed by atoms with Crippen molar-refractivity contribution < 1.29 is 19.4 Å². The minimum Gasteiger partial charge on any atom is -0.497 e. The van der Waals surface area contributed by atoms with Gasteiger partial charge in [0.1, 0.15) is 17.1 Å². The zero-order chi connectivity index (χ0) is 14.2. The van der Waals surface area contributed by atoms with Crippen LogP contribution in [-0.2, 0) is 0 Å². The SMILES string of the molecule is COc1cc(OC)c2[nH]c(=O)c(C(=O)O)c(C)c2c1. The zero-order valence-corrected chi connectivity index (χ0v) is 10.7. The van der Waals surface area contributed by atoms with Gasteiger partial charge in [-0.2, -0.15) is 0 Å². The molecule has 6 heteroatoms. The lowest BCUT2D eigenvalue weighted by molar-refractivity contribution is 0.0694. The third-order valence-corrected chi connectivity index (χ3v) is 2.99. The number of H-pyrrole nitrogens is 1. The number of hydrogen-bond donors (Lipinski definition) is 2. The molecular weight excluding hydrogens is 250 g/mol. The maximum atomic E-state index is 11.8.